The Morgan fingerprint density at radius 3 is 2.79 bits per heavy atom. The van der Waals surface area contributed by atoms with Crippen molar-refractivity contribution >= 4 is 5.69 Å². The first-order valence-electron chi connectivity index (χ1n) is 4.61. The molecule has 1 saturated carbocycles. The molecule has 1 fully saturated rings. The first-order chi connectivity index (χ1) is 6.64. The Labute approximate surface area is 82.4 Å². The van der Waals surface area contributed by atoms with Gasteiger partial charge in [-0.2, -0.15) is 5.26 Å². The topological polar surface area (TPSA) is 35.8 Å². The Morgan fingerprint density at radius 2 is 2.21 bits per heavy atom. The molecule has 3 heteroatoms. The summed E-state index contributed by atoms with van der Waals surface area (Å²) >= 11 is 0. The van der Waals surface area contributed by atoms with Crippen molar-refractivity contribution in [2.45, 2.75) is 25.3 Å². The van der Waals surface area contributed by atoms with Crippen molar-refractivity contribution in [1.29, 1.82) is 5.26 Å². The second kappa shape index (κ2) is 2.98. The van der Waals surface area contributed by atoms with E-state index >= 15 is 0 Å². The van der Waals surface area contributed by atoms with E-state index < -0.39 is 5.82 Å². The Kier molecular flexibility index (Phi) is 1.92. The lowest BCUT2D eigenvalue weighted by Crippen LogP contribution is -2.17. The van der Waals surface area contributed by atoms with Gasteiger partial charge in [0.1, 0.15) is 17.4 Å². The van der Waals surface area contributed by atoms with E-state index in [1.807, 2.05) is 6.07 Å². The Hall–Kier alpha value is -1.56. The van der Waals surface area contributed by atoms with Gasteiger partial charge in [-0.15, -0.1) is 0 Å². The summed E-state index contributed by atoms with van der Waals surface area (Å²) in [6.45, 7) is 2.07. The molecule has 0 spiro atoms. The van der Waals surface area contributed by atoms with Crippen molar-refractivity contribution < 1.29 is 4.39 Å². The van der Waals surface area contributed by atoms with Crippen LogP contribution in [0.3, 0.4) is 0 Å². The summed E-state index contributed by atoms with van der Waals surface area (Å²) in [6, 6.07) is 6.54. The van der Waals surface area contributed by atoms with Gasteiger partial charge in [0, 0.05) is 5.54 Å². The number of hydrogen-bond donors (Lipinski definition) is 1. The van der Waals surface area contributed by atoms with Crippen LogP contribution in [0.4, 0.5) is 10.1 Å². The highest BCUT2D eigenvalue weighted by molar-refractivity contribution is 5.59. The molecular weight excluding hydrogens is 179 g/mol. The first kappa shape index (κ1) is 9.01. The summed E-state index contributed by atoms with van der Waals surface area (Å²) in [6.07, 6.45) is 2.16. The van der Waals surface area contributed by atoms with Gasteiger partial charge in [-0.05, 0) is 31.9 Å². The molecule has 0 aliphatic heterocycles. The zero-order valence-corrected chi connectivity index (χ0v) is 7.97. The van der Waals surface area contributed by atoms with Crippen LogP contribution in [-0.2, 0) is 0 Å². The highest BCUT2D eigenvalue weighted by Gasteiger charge is 2.37. The summed E-state index contributed by atoms with van der Waals surface area (Å²) in [7, 11) is 0. The number of halogens is 1. The molecule has 0 radical (unpaired) electrons. The number of anilines is 1. The Morgan fingerprint density at radius 1 is 1.50 bits per heavy atom. The molecule has 0 atom stereocenters. The van der Waals surface area contributed by atoms with E-state index in [-0.39, 0.29) is 11.1 Å². The van der Waals surface area contributed by atoms with E-state index in [0.29, 0.717) is 5.69 Å². The molecule has 14 heavy (non-hydrogen) atoms. The zero-order valence-electron chi connectivity index (χ0n) is 7.97. The third-order valence-corrected chi connectivity index (χ3v) is 2.56. The molecule has 0 aromatic heterocycles. The van der Waals surface area contributed by atoms with Crippen LogP contribution in [0.25, 0.3) is 0 Å². The number of nitrogens with one attached hydrogen (secondary N) is 1. The lowest BCUT2D eigenvalue weighted by Gasteiger charge is -2.14. The quantitative estimate of drug-likeness (QED) is 0.778. The van der Waals surface area contributed by atoms with Crippen molar-refractivity contribution in [3.63, 3.8) is 0 Å². The zero-order chi connectivity index (χ0) is 10.2. The highest BCUT2D eigenvalue weighted by atomic mass is 19.1. The molecule has 1 aromatic rings. The van der Waals surface area contributed by atoms with E-state index in [4.69, 9.17) is 5.26 Å². The van der Waals surface area contributed by atoms with Gasteiger partial charge in [0.15, 0.2) is 0 Å². The highest BCUT2D eigenvalue weighted by Crippen LogP contribution is 2.38. The smallest absolute Gasteiger partial charge is 0.143 e. The lowest BCUT2D eigenvalue weighted by atomic mass is 10.1. The minimum Gasteiger partial charge on any atom is -0.379 e. The van der Waals surface area contributed by atoms with Crippen LogP contribution in [0.1, 0.15) is 25.3 Å². The molecule has 0 bridgehead atoms. The third-order valence-electron chi connectivity index (χ3n) is 2.56. The number of nitrogens with zero attached hydrogens (tertiary/aromatic N) is 1. The summed E-state index contributed by atoms with van der Waals surface area (Å²) in [5.74, 6) is -0.457. The fourth-order valence-electron chi connectivity index (χ4n) is 1.38. The predicted octanol–water partition coefficient (Wildman–Crippen LogP) is 2.66. The van der Waals surface area contributed by atoms with Crippen LogP contribution in [0.2, 0.25) is 0 Å². The monoisotopic (exact) mass is 190 g/mol. The van der Waals surface area contributed by atoms with Gasteiger partial charge < -0.3 is 5.32 Å². The lowest BCUT2D eigenvalue weighted by molar-refractivity contribution is 0.624. The normalized spacial score (nSPS) is 17.2. The van der Waals surface area contributed by atoms with E-state index in [2.05, 4.69) is 12.2 Å². The molecule has 2 rings (SSSR count). The van der Waals surface area contributed by atoms with Crippen LogP contribution in [0, 0.1) is 17.1 Å². The molecule has 1 aliphatic rings. The van der Waals surface area contributed by atoms with Crippen LogP contribution in [0.5, 0.6) is 0 Å². The fraction of sp³-hybridized carbons (Fsp3) is 0.364. The molecule has 1 N–H and O–H groups in total. The number of nitriles is 1. The molecule has 2 nitrogen and oxygen atoms in total. The second-order valence-corrected chi connectivity index (χ2v) is 3.96. The van der Waals surface area contributed by atoms with Crippen LogP contribution >= 0.6 is 0 Å². The van der Waals surface area contributed by atoms with Crippen molar-refractivity contribution in [2.24, 2.45) is 0 Å². The number of rotatable bonds is 2. The molecule has 0 unspecified atom stereocenters. The second-order valence-electron chi connectivity index (χ2n) is 3.96. The van der Waals surface area contributed by atoms with Gasteiger partial charge in [-0.1, -0.05) is 6.07 Å². The van der Waals surface area contributed by atoms with Crippen molar-refractivity contribution in [1.82, 2.24) is 0 Å². The average molecular weight is 190 g/mol. The average Bonchev–Trinajstić information content (AvgIpc) is 2.84. The maximum Gasteiger partial charge on any atom is 0.143 e. The van der Waals surface area contributed by atoms with E-state index in [9.17, 15) is 4.39 Å². The molecule has 1 aliphatic carbocycles. The Balaban J connectivity index is 2.33. The van der Waals surface area contributed by atoms with E-state index in [1.165, 1.54) is 6.07 Å². The third kappa shape index (κ3) is 1.56. The van der Waals surface area contributed by atoms with E-state index in [1.54, 1.807) is 12.1 Å². The van der Waals surface area contributed by atoms with Gasteiger partial charge in [0.2, 0.25) is 0 Å². The molecule has 72 valence electrons. The van der Waals surface area contributed by atoms with Crippen molar-refractivity contribution in [3.8, 4) is 6.07 Å². The maximum absolute atomic E-state index is 13.2. The first-order valence-corrected chi connectivity index (χ1v) is 4.61. The summed E-state index contributed by atoms with van der Waals surface area (Å²) in [5.41, 5.74) is 0.785. The molecule has 0 heterocycles. The fourth-order valence-corrected chi connectivity index (χ4v) is 1.38. The SMILES string of the molecule is CC1(Nc2cccc(F)c2C#N)CC1. The molecule has 0 amide bonds. The number of hydrogen-bond acceptors (Lipinski definition) is 2. The van der Waals surface area contributed by atoms with Gasteiger partial charge in [-0.3, -0.25) is 0 Å². The predicted molar refractivity (Wildman–Crippen MR) is 52.4 cm³/mol. The van der Waals surface area contributed by atoms with Crippen LogP contribution < -0.4 is 5.32 Å². The minimum atomic E-state index is -0.457. The Bertz CT molecular complexity index is 402. The van der Waals surface area contributed by atoms with Gasteiger partial charge in [0.25, 0.3) is 0 Å². The minimum absolute atomic E-state index is 0.0688. The van der Waals surface area contributed by atoms with E-state index in [0.717, 1.165) is 12.8 Å². The van der Waals surface area contributed by atoms with Gasteiger partial charge in [-0.25, -0.2) is 4.39 Å². The summed E-state index contributed by atoms with van der Waals surface area (Å²) < 4.78 is 13.2. The van der Waals surface area contributed by atoms with Gasteiger partial charge in [0.05, 0.1) is 5.69 Å². The largest absolute Gasteiger partial charge is 0.379 e. The maximum atomic E-state index is 13.2. The van der Waals surface area contributed by atoms with Crippen LogP contribution in [0.15, 0.2) is 18.2 Å². The molecule has 1 aromatic carbocycles. The van der Waals surface area contributed by atoms with Crippen molar-refractivity contribution in [2.75, 3.05) is 5.32 Å². The van der Waals surface area contributed by atoms with Crippen molar-refractivity contribution in [3.05, 3.63) is 29.6 Å². The van der Waals surface area contributed by atoms with Crippen LogP contribution in [-0.4, -0.2) is 5.54 Å². The molecular formula is C11H11FN2. The summed E-state index contributed by atoms with van der Waals surface area (Å²) in [4.78, 5) is 0. The molecule has 0 saturated heterocycles. The standard InChI is InChI=1S/C11H11FN2/c1-11(5-6-11)14-10-4-2-3-9(12)8(10)7-13/h2-4,14H,5-6H2,1H3. The van der Waals surface area contributed by atoms with Gasteiger partial charge >= 0.3 is 0 Å². The summed E-state index contributed by atoms with van der Waals surface area (Å²) in [5, 5.41) is 12.0. The number of benzene rings is 1.